The topological polar surface area (TPSA) is 36.9 Å². The lowest BCUT2D eigenvalue weighted by molar-refractivity contribution is -0.105. The predicted octanol–water partition coefficient (Wildman–Crippen LogP) is 1.64. The molecule has 0 aromatic carbocycles. The Hall–Kier alpha value is -0.160. The molecule has 0 N–H and O–H groups in total. The number of methoxy groups -OCH3 is 2. The Morgan fingerprint density at radius 1 is 0.929 bits per heavy atom. The second-order valence-electron chi connectivity index (χ2n) is 3.67. The van der Waals surface area contributed by atoms with Crippen LogP contribution in [0.2, 0.25) is 0 Å². The molecule has 4 nitrogen and oxygen atoms in total. The zero-order valence-corrected chi connectivity index (χ0v) is 9.67. The molecule has 0 aromatic heterocycles. The molecular weight excluding hydrogens is 184 g/mol. The van der Waals surface area contributed by atoms with Crippen LogP contribution in [0.3, 0.4) is 0 Å². The first kappa shape index (κ1) is 13.8. The van der Waals surface area contributed by atoms with Gasteiger partial charge >= 0.3 is 0 Å². The molecule has 0 saturated heterocycles. The summed E-state index contributed by atoms with van der Waals surface area (Å²) >= 11 is 0. The van der Waals surface area contributed by atoms with Gasteiger partial charge in [-0.1, -0.05) is 13.8 Å². The van der Waals surface area contributed by atoms with Gasteiger partial charge in [0.1, 0.15) is 13.6 Å². The minimum atomic E-state index is 0.0388. The van der Waals surface area contributed by atoms with E-state index in [0.29, 0.717) is 26.8 Å². The van der Waals surface area contributed by atoms with E-state index in [1.54, 1.807) is 14.2 Å². The number of hydrogen-bond acceptors (Lipinski definition) is 4. The summed E-state index contributed by atoms with van der Waals surface area (Å²) in [6.45, 7) is 6.19. The highest BCUT2D eigenvalue weighted by Crippen LogP contribution is 2.21. The van der Waals surface area contributed by atoms with Crippen LogP contribution in [0.15, 0.2) is 0 Å². The van der Waals surface area contributed by atoms with Gasteiger partial charge in [-0.25, -0.2) is 0 Å². The molecule has 14 heavy (non-hydrogen) atoms. The average molecular weight is 206 g/mol. The lowest BCUT2D eigenvalue weighted by Gasteiger charge is -2.27. The zero-order valence-electron chi connectivity index (χ0n) is 9.67. The van der Waals surface area contributed by atoms with Crippen LogP contribution in [0.1, 0.15) is 20.3 Å². The van der Waals surface area contributed by atoms with E-state index in [1.165, 1.54) is 0 Å². The molecular formula is C10H22O4. The summed E-state index contributed by atoms with van der Waals surface area (Å²) in [5.41, 5.74) is 0.0388. The van der Waals surface area contributed by atoms with Gasteiger partial charge in [0.2, 0.25) is 0 Å². The molecule has 4 heteroatoms. The fourth-order valence-electron chi connectivity index (χ4n) is 0.989. The van der Waals surface area contributed by atoms with E-state index < -0.39 is 0 Å². The summed E-state index contributed by atoms with van der Waals surface area (Å²) in [5.74, 6) is 0. The molecule has 0 amide bonds. The van der Waals surface area contributed by atoms with Crippen molar-refractivity contribution in [1.29, 1.82) is 0 Å². The van der Waals surface area contributed by atoms with Gasteiger partial charge in [-0.15, -0.1) is 0 Å². The first-order valence-corrected chi connectivity index (χ1v) is 4.82. The molecule has 0 unspecified atom stereocenters. The second kappa shape index (κ2) is 8.17. The molecule has 0 heterocycles. The summed E-state index contributed by atoms with van der Waals surface area (Å²) in [4.78, 5) is 0. The largest absolute Gasteiger partial charge is 0.359 e. The summed E-state index contributed by atoms with van der Waals surface area (Å²) < 4.78 is 20.3. The smallest absolute Gasteiger partial charge is 0.146 e. The van der Waals surface area contributed by atoms with Gasteiger partial charge in [-0.2, -0.15) is 0 Å². The molecule has 0 fully saturated rings. The van der Waals surface area contributed by atoms with Crippen molar-refractivity contribution >= 4 is 0 Å². The Labute approximate surface area is 86.5 Å². The number of ether oxygens (including phenoxy) is 4. The van der Waals surface area contributed by atoms with Gasteiger partial charge < -0.3 is 18.9 Å². The van der Waals surface area contributed by atoms with Gasteiger partial charge in [0.15, 0.2) is 0 Å². The minimum Gasteiger partial charge on any atom is -0.359 e. The van der Waals surface area contributed by atoms with Gasteiger partial charge in [-0.3, -0.25) is 0 Å². The van der Waals surface area contributed by atoms with Gasteiger partial charge in [-0.05, 0) is 6.42 Å². The summed E-state index contributed by atoms with van der Waals surface area (Å²) in [7, 11) is 3.23. The van der Waals surface area contributed by atoms with E-state index in [-0.39, 0.29) is 5.41 Å². The van der Waals surface area contributed by atoms with E-state index >= 15 is 0 Å². The van der Waals surface area contributed by atoms with Gasteiger partial charge in [0.25, 0.3) is 0 Å². The number of hydrogen-bond donors (Lipinski definition) is 0. The average Bonchev–Trinajstić information content (AvgIpc) is 2.19. The lowest BCUT2D eigenvalue weighted by atomic mass is 9.90. The third kappa shape index (κ3) is 6.32. The Morgan fingerprint density at radius 2 is 1.36 bits per heavy atom. The van der Waals surface area contributed by atoms with Gasteiger partial charge in [0.05, 0.1) is 13.2 Å². The van der Waals surface area contributed by atoms with Crippen molar-refractivity contribution in [3.05, 3.63) is 0 Å². The third-order valence-electron chi connectivity index (χ3n) is 2.16. The molecule has 0 aliphatic rings. The van der Waals surface area contributed by atoms with E-state index in [0.717, 1.165) is 6.42 Å². The van der Waals surface area contributed by atoms with Crippen LogP contribution < -0.4 is 0 Å². The van der Waals surface area contributed by atoms with E-state index in [2.05, 4.69) is 13.8 Å². The van der Waals surface area contributed by atoms with Crippen LogP contribution in [0, 0.1) is 5.41 Å². The van der Waals surface area contributed by atoms with Crippen LogP contribution in [0.4, 0.5) is 0 Å². The van der Waals surface area contributed by atoms with Crippen LogP contribution in [-0.4, -0.2) is 41.0 Å². The van der Waals surface area contributed by atoms with Crippen molar-refractivity contribution in [3.8, 4) is 0 Å². The van der Waals surface area contributed by atoms with E-state index in [9.17, 15) is 0 Å². The van der Waals surface area contributed by atoms with E-state index in [4.69, 9.17) is 18.9 Å². The van der Waals surface area contributed by atoms with E-state index in [1.807, 2.05) is 0 Å². The summed E-state index contributed by atoms with van der Waals surface area (Å²) in [6, 6.07) is 0. The molecule has 0 spiro atoms. The molecule has 86 valence electrons. The van der Waals surface area contributed by atoms with Crippen molar-refractivity contribution in [2.24, 2.45) is 5.41 Å². The monoisotopic (exact) mass is 206 g/mol. The van der Waals surface area contributed by atoms with Crippen molar-refractivity contribution in [2.45, 2.75) is 20.3 Å². The molecule has 0 rings (SSSR count). The SMILES string of the molecule is CCC(C)(COCOC)COCOC. The second-order valence-corrected chi connectivity index (χ2v) is 3.67. The molecule has 0 bridgehead atoms. The normalized spacial score (nSPS) is 12.0. The first-order valence-electron chi connectivity index (χ1n) is 4.82. The third-order valence-corrected chi connectivity index (χ3v) is 2.16. The molecule has 0 radical (unpaired) electrons. The predicted molar refractivity (Wildman–Crippen MR) is 54.1 cm³/mol. The zero-order chi connectivity index (χ0) is 10.9. The van der Waals surface area contributed by atoms with Crippen molar-refractivity contribution in [1.82, 2.24) is 0 Å². The lowest BCUT2D eigenvalue weighted by Crippen LogP contribution is -2.29. The van der Waals surface area contributed by atoms with Crippen molar-refractivity contribution in [2.75, 3.05) is 41.0 Å². The highest BCUT2D eigenvalue weighted by Gasteiger charge is 2.22. The van der Waals surface area contributed by atoms with Crippen LogP contribution >= 0.6 is 0 Å². The van der Waals surface area contributed by atoms with Crippen LogP contribution in [-0.2, 0) is 18.9 Å². The quantitative estimate of drug-likeness (QED) is 0.424. The minimum absolute atomic E-state index is 0.0388. The maximum atomic E-state index is 5.33. The summed E-state index contributed by atoms with van der Waals surface area (Å²) in [5, 5.41) is 0. The Bertz CT molecular complexity index is 117. The van der Waals surface area contributed by atoms with Crippen LogP contribution in [0.5, 0.6) is 0 Å². The Morgan fingerprint density at radius 3 is 1.64 bits per heavy atom. The molecule has 0 aliphatic carbocycles. The summed E-state index contributed by atoms with van der Waals surface area (Å²) in [6.07, 6.45) is 1.00. The maximum Gasteiger partial charge on any atom is 0.146 e. The first-order chi connectivity index (χ1) is 6.68. The Kier molecular flexibility index (Phi) is 8.08. The molecule has 0 atom stereocenters. The Balaban J connectivity index is 3.67. The fraction of sp³-hybridized carbons (Fsp3) is 1.00. The molecule has 0 saturated carbocycles. The maximum absolute atomic E-state index is 5.33. The standard InChI is InChI=1S/C10H22O4/c1-5-10(2,6-13-8-11-3)7-14-9-12-4/h5-9H2,1-4H3. The molecule has 0 aliphatic heterocycles. The fourth-order valence-corrected chi connectivity index (χ4v) is 0.989. The van der Waals surface area contributed by atoms with Gasteiger partial charge in [0, 0.05) is 19.6 Å². The van der Waals surface area contributed by atoms with Crippen LogP contribution in [0.25, 0.3) is 0 Å². The van der Waals surface area contributed by atoms with Crippen molar-refractivity contribution < 1.29 is 18.9 Å². The van der Waals surface area contributed by atoms with Crippen molar-refractivity contribution in [3.63, 3.8) is 0 Å². The molecule has 0 aromatic rings. The highest BCUT2D eigenvalue weighted by atomic mass is 16.7. The number of rotatable bonds is 9. The highest BCUT2D eigenvalue weighted by molar-refractivity contribution is 4.71.